The number of aromatic nitrogens is 4. The van der Waals surface area contributed by atoms with Crippen molar-refractivity contribution < 1.29 is 4.79 Å². The van der Waals surface area contributed by atoms with Crippen LogP contribution in [-0.4, -0.2) is 25.2 Å². The summed E-state index contributed by atoms with van der Waals surface area (Å²) in [6.07, 6.45) is 3.51. The average Bonchev–Trinajstić information content (AvgIpc) is 3.10. The molecule has 2 heterocycles. The highest BCUT2D eigenvalue weighted by molar-refractivity contribution is 7.99. The van der Waals surface area contributed by atoms with Gasteiger partial charge in [-0.25, -0.2) is 0 Å². The molecule has 2 aromatic heterocycles. The molecule has 22 heavy (non-hydrogen) atoms. The van der Waals surface area contributed by atoms with Crippen LogP contribution in [0.3, 0.4) is 0 Å². The van der Waals surface area contributed by atoms with Gasteiger partial charge in [0.2, 0.25) is 0 Å². The summed E-state index contributed by atoms with van der Waals surface area (Å²) in [5.41, 5.74) is 1.38. The second-order valence-corrected chi connectivity index (χ2v) is 5.85. The molecule has 0 radical (unpaired) electrons. The van der Waals surface area contributed by atoms with E-state index in [4.69, 9.17) is 0 Å². The smallest absolute Gasteiger partial charge is 0.272 e. The molecule has 3 aromatic rings. The fourth-order valence-corrected chi connectivity index (χ4v) is 2.73. The van der Waals surface area contributed by atoms with Crippen LogP contribution in [0.15, 0.2) is 59.0 Å². The van der Waals surface area contributed by atoms with Crippen LogP contribution in [0.4, 0.5) is 5.69 Å². The van der Waals surface area contributed by atoms with Crippen LogP contribution in [0, 0.1) is 0 Å². The summed E-state index contributed by atoms with van der Waals surface area (Å²) in [5.74, 6) is -0.124. The molecule has 0 unspecified atom stereocenters. The zero-order valence-corrected chi connectivity index (χ0v) is 13.0. The van der Waals surface area contributed by atoms with Crippen molar-refractivity contribution in [2.75, 3.05) is 5.32 Å². The van der Waals surface area contributed by atoms with Crippen molar-refractivity contribution >= 4 is 23.4 Å². The third kappa shape index (κ3) is 3.04. The molecule has 6 nitrogen and oxygen atoms in total. The third-order valence-corrected chi connectivity index (χ3v) is 4.23. The van der Waals surface area contributed by atoms with Crippen LogP contribution in [0.25, 0.3) is 0 Å². The largest absolute Gasteiger partial charge is 0.347 e. The molecule has 1 N–H and O–H groups in total. The van der Waals surface area contributed by atoms with Gasteiger partial charge in [0, 0.05) is 30.9 Å². The average molecular weight is 313 g/mol. The van der Waals surface area contributed by atoms with E-state index in [0.29, 0.717) is 5.69 Å². The van der Waals surface area contributed by atoms with E-state index >= 15 is 0 Å². The van der Waals surface area contributed by atoms with Crippen molar-refractivity contribution in [1.29, 1.82) is 0 Å². The zero-order chi connectivity index (χ0) is 15.5. The van der Waals surface area contributed by atoms with Crippen LogP contribution in [0.2, 0.25) is 0 Å². The van der Waals surface area contributed by atoms with Gasteiger partial charge in [0.05, 0.1) is 0 Å². The van der Waals surface area contributed by atoms with Gasteiger partial charge >= 0.3 is 0 Å². The Kier molecular flexibility index (Phi) is 3.97. The summed E-state index contributed by atoms with van der Waals surface area (Å²) in [5, 5.41) is 11.6. The molecule has 3 rings (SSSR count). The molecule has 0 bridgehead atoms. The Balaban J connectivity index is 1.68. The lowest BCUT2D eigenvalue weighted by Crippen LogP contribution is -2.15. The number of nitrogens with one attached hydrogen (secondary N) is 1. The lowest BCUT2D eigenvalue weighted by atomic mass is 10.3. The SMILES string of the molecule is Cn1cccc1C(=O)Nc1ccc(Sc2nncn2C)cc1. The molecule has 0 saturated carbocycles. The number of hydrogen-bond acceptors (Lipinski definition) is 4. The highest BCUT2D eigenvalue weighted by Crippen LogP contribution is 2.26. The summed E-state index contributed by atoms with van der Waals surface area (Å²) in [6, 6.07) is 11.3. The van der Waals surface area contributed by atoms with Gasteiger partial charge in [-0.1, -0.05) is 0 Å². The van der Waals surface area contributed by atoms with Crippen LogP contribution in [0.5, 0.6) is 0 Å². The van der Waals surface area contributed by atoms with Crippen LogP contribution in [0.1, 0.15) is 10.5 Å². The van der Waals surface area contributed by atoms with E-state index in [9.17, 15) is 4.79 Å². The van der Waals surface area contributed by atoms with Crippen molar-refractivity contribution in [3.05, 3.63) is 54.6 Å². The Labute approximate surface area is 132 Å². The quantitative estimate of drug-likeness (QED) is 0.804. The Morgan fingerprint density at radius 3 is 2.50 bits per heavy atom. The molecule has 1 aromatic carbocycles. The molecule has 112 valence electrons. The summed E-state index contributed by atoms with van der Waals surface area (Å²) in [7, 11) is 3.74. The van der Waals surface area contributed by atoms with E-state index in [0.717, 1.165) is 15.7 Å². The molecule has 0 saturated heterocycles. The first-order valence-corrected chi connectivity index (χ1v) is 7.50. The van der Waals surface area contributed by atoms with E-state index in [1.807, 2.05) is 55.2 Å². The third-order valence-electron chi connectivity index (χ3n) is 3.17. The molecule has 0 fully saturated rings. The standard InChI is InChI=1S/C15H15N5OS/c1-19-9-3-4-13(19)14(21)17-11-5-7-12(8-6-11)22-15-18-16-10-20(15)2/h3-10H,1-2H3,(H,17,21). The van der Waals surface area contributed by atoms with Crippen LogP contribution < -0.4 is 5.32 Å². The van der Waals surface area contributed by atoms with E-state index in [1.54, 1.807) is 17.0 Å². The molecule has 7 heteroatoms. The minimum atomic E-state index is -0.124. The number of carbonyl (C=O) groups is 1. The van der Waals surface area contributed by atoms with Gasteiger partial charge in [0.15, 0.2) is 5.16 Å². The highest BCUT2D eigenvalue weighted by Gasteiger charge is 2.09. The van der Waals surface area contributed by atoms with E-state index < -0.39 is 0 Å². The minimum absolute atomic E-state index is 0.124. The molecule has 1 amide bonds. The van der Waals surface area contributed by atoms with E-state index in [-0.39, 0.29) is 5.91 Å². The molecule has 0 atom stereocenters. The summed E-state index contributed by atoms with van der Waals surface area (Å²) < 4.78 is 3.64. The van der Waals surface area contributed by atoms with Crippen molar-refractivity contribution in [2.24, 2.45) is 14.1 Å². The molecule has 0 spiro atoms. The predicted octanol–water partition coefficient (Wildman–Crippen LogP) is 2.56. The first-order chi connectivity index (χ1) is 10.6. The van der Waals surface area contributed by atoms with E-state index in [1.165, 1.54) is 11.8 Å². The fourth-order valence-electron chi connectivity index (χ4n) is 1.97. The predicted molar refractivity (Wildman–Crippen MR) is 84.9 cm³/mol. The summed E-state index contributed by atoms with van der Waals surface area (Å²) in [4.78, 5) is 13.2. The topological polar surface area (TPSA) is 64.7 Å². The number of nitrogens with zero attached hydrogens (tertiary/aromatic N) is 4. The Morgan fingerprint density at radius 2 is 1.91 bits per heavy atom. The first kappa shape index (κ1) is 14.4. The minimum Gasteiger partial charge on any atom is -0.347 e. The van der Waals surface area contributed by atoms with Gasteiger partial charge in [-0.15, -0.1) is 10.2 Å². The normalized spacial score (nSPS) is 10.6. The Bertz CT molecular complexity index is 790. The van der Waals surface area contributed by atoms with Gasteiger partial charge in [-0.2, -0.15) is 0 Å². The lowest BCUT2D eigenvalue weighted by Gasteiger charge is -2.07. The maximum atomic E-state index is 12.1. The number of aryl methyl sites for hydroxylation is 2. The molecule has 0 aliphatic rings. The van der Waals surface area contributed by atoms with Crippen molar-refractivity contribution in [3.63, 3.8) is 0 Å². The number of rotatable bonds is 4. The van der Waals surface area contributed by atoms with Gasteiger partial charge in [-0.3, -0.25) is 4.79 Å². The Hall–Kier alpha value is -2.54. The molecular formula is C15H15N5OS. The monoisotopic (exact) mass is 313 g/mol. The summed E-state index contributed by atoms with van der Waals surface area (Å²) >= 11 is 1.52. The van der Waals surface area contributed by atoms with Crippen LogP contribution in [-0.2, 0) is 14.1 Å². The number of carbonyl (C=O) groups excluding carboxylic acids is 1. The maximum absolute atomic E-state index is 12.1. The zero-order valence-electron chi connectivity index (χ0n) is 12.2. The van der Waals surface area contributed by atoms with Crippen LogP contribution >= 0.6 is 11.8 Å². The second kappa shape index (κ2) is 6.07. The maximum Gasteiger partial charge on any atom is 0.272 e. The Morgan fingerprint density at radius 1 is 1.14 bits per heavy atom. The van der Waals surface area contributed by atoms with Gasteiger partial charge in [0.1, 0.15) is 12.0 Å². The molecule has 0 aliphatic heterocycles. The van der Waals surface area contributed by atoms with Gasteiger partial charge < -0.3 is 14.5 Å². The van der Waals surface area contributed by atoms with Crippen molar-refractivity contribution in [3.8, 4) is 0 Å². The fraction of sp³-hybridized carbons (Fsp3) is 0.133. The number of benzene rings is 1. The van der Waals surface area contributed by atoms with Gasteiger partial charge in [0.25, 0.3) is 5.91 Å². The highest BCUT2D eigenvalue weighted by atomic mass is 32.2. The van der Waals surface area contributed by atoms with Crippen molar-refractivity contribution in [1.82, 2.24) is 19.3 Å². The van der Waals surface area contributed by atoms with Crippen molar-refractivity contribution in [2.45, 2.75) is 10.1 Å². The van der Waals surface area contributed by atoms with E-state index in [2.05, 4.69) is 15.5 Å². The number of amides is 1. The lowest BCUT2D eigenvalue weighted by molar-refractivity contribution is 0.101. The number of hydrogen-bond donors (Lipinski definition) is 1. The molecule has 0 aliphatic carbocycles. The second-order valence-electron chi connectivity index (χ2n) is 4.81. The first-order valence-electron chi connectivity index (χ1n) is 6.68. The number of anilines is 1. The van der Waals surface area contributed by atoms with Gasteiger partial charge in [-0.05, 0) is 48.2 Å². The molecular weight excluding hydrogens is 298 g/mol. The summed E-state index contributed by atoms with van der Waals surface area (Å²) in [6.45, 7) is 0.